The maximum absolute atomic E-state index is 13.1. The molecule has 2 fully saturated rings. The van der Waals surface area contributed by atoms with E-state index in [4.69, 9.17) is 32.8 Å². The van der Waals surface area contributed by atoms with Crippen LogP contribution in [0.3, 0.4) is 0 Å². The van der Waals surface area contributed by atoms with Gasteiger partial charge in [-0.05, 0) is 217 Å². The van der Waals surface area contributed by atoms with Gasteiger partial charge in [-0.2, -0.15) is 25.5 Å². The fourth-order valence-corrected chi connectivity index (χ4v) is 23.7. The number of carbonyl (C=O) groups is 6. The fraction of sp³-hybridized carbons (Fsp3) is 0.202. The Kier molecular flexibility index (Phi) is 29.7. The molecule has 6 amide bonds. The predicted molar refractivity (Wildman–Crippen MR) is 593 cm³/mol. The molecule has 1 atom stereocenters. The molecule has 11 aromatic carbocycles. The zero-order valence-electron chi connectivity index (χ0n) is 82.7. The van der Waals surface area contributed by atoms with Crippen molar-refractivity contribution in [2.24, 2.45) is 5.92 Å². The van der Waals surface area contributed by atoms with Crippen molar-refractivity contribution in [3.05, 3.63) is 294 Å². The average Bonchev–Trinajstić information content (AvgIpc) is 1.63. The molecule has 1 aliphatic carbocycles. The van der Waals surface area contributed by atoms with E-state index in [1.807, 2.05) is 153 Å². The number of hydrogen-bond donors (Lipinski definition) is 11. The highest BCUT2D eigenvalue weighted by Crippen LogP contribution is 2.48. The Morgan fingerprint density at radius 1 is 0.409 bits per heavy atom. The number of aromatic amines is 5. The van der Waals surface area contributed by atoms with Gasteiger partial charge in [0, 0.05) is 62.1 Å². The Hall–Kier alpha value is -16.6. The molecule has 22 aromatic rings. The highest BCUT2D eigenvalue weighted by molar-refractivity contribution is 7.24. The topological polar surface area (TPSA) is 398 Å². The van der Waals surface area contributed by atoms with Crippen molar-refractivity contribution in [3.63, 3.8) is 0 Å². The maximum atomic E-state index is 13.1. The van der Waals surface area contributed by atoms with Gasteiger partial charge in [0.25, 0.3) is 29.5 Å². The van der Waals surface area contributed by atoms with Crippen LogP contribution in [0.5, 0.6) is 34.5 Å². The molecule has 1 saturated carbocycles. The van der Waals surface area contributed by atoms with Gasteiger partial charge in [0.1, 0.15) is 46.0 Å². The number of aryl methyl sites for hydroxylation is 1. The lowest BCUT2D eigenvalue weighted by molar-refractivity contribution is -0.127. The number of thiophene rings is 5. The smallest absolute Gasteiger partial charge is 0.255 e. The van der Waals surface area contributed by atoms with Crippen LogP contribution < -0.4 is 55.0 Å². The van der Waals surface area contributed by atoms with Crippen LogP contribution in [0.1, 0.15) is 115 Å². The first-order chi connectivity index (χ1) is 72.7. The molecule has 0 radical (unpaired) electrons. The van der Waals surface area contributed by atoms with Crippen LogP contribution in [0.4, 0.5) is 0 Å². The van der Waals surface area contributed by atoms with E-state index in [1.54, 1.807) is 130 Å². The zero-order chi connectivity index (χ0) is 103. The number of furan rings is 1. The number of likely N-dealkylation sites (tertiary alicyclic amines) is 1. The number of nitrogens with zero attached hydrogens (tertiary/aromatic N) is 6. The van der Waals surface area contributed by atoms with E-state index < -0.39 is 0 Å². The Bertz CT molecular complexity index is 8600. The number of methoxy groups -OCH3 is 6. The van der Waals surface area contributed by atoms with Gasteiger partial charge in [0.05, 0.1) is 197 Å². The second kappa shape index (κ2) is 44.4. The fourth-order valence-electron chi connectivity index (χ4n) is 18.3. The predicted octanol–water partition coefficient (Wildman–Crippen LogP) is 23.4. The van der Waals surface area contributed by atoms with Gasteiger partial charge in [-0.25, -0.2) is 0 Å². The van der Waals surface area contributed by atoms with Crippen molar-refractivity contribution in [2.75, 3.05) is 68.9 Å². The lowest BCUT2D eigenvalue weighted by Crippen LogP contribution is -2.41. The van der Waals surface area contributed by atoms with Crippen molar-refractivity contribution in [2.45, 2.75) is 78.0 Å². The molecule has 149 heavy (non-hydrogen) atoms. The quantitative estimate of drug-likeness (QED) is 0.0203. The monoisotopic (exact) mass is 2080 g/mol. The van der Waals surface area contributed by atoms with Gasteiger partial charge in [0.15, 0.2) is 0 Å². The molecule has 1 saturated heterocycles. The molecule has 2 aliphatic rings. The van der Waals surface area contributed by atoms with Gasteiger partial charge in [-0.15, -0.1) is 56.7 Å². The maximum Gasteiger partial charge on any atom is 0.255 e. The molecule has 35 heteroatoms. The number of carbonyl (C=O) groups excluding carboxylic acids is 6. The Morgan fingerprint density at radius 3 is 1.07 bits per heavy atom. The van der Waals surface area contributed by atoms with E-state index in [0.29, 0.717) is 101 Å². The highest BCUT2D eigenvalue weighted by Gasteiger charge is 2.32. The highest BCUT2D eigenvalue weighted by atomic mass is 32.1. The summed E-state index contributed by atoms with van der Waals surface area (Å²) in [7, 11) is 9.51. The van der Waals surface area contributed by atoms with E-state index in [2.05, 4.69) is 169 Å². The van der Waals surface area contributed by atoms with Crippen LogP contribution in [-0.4, -0.2) is 177 Å². The SMILES string of the molecule is COc1c(C(=O)NC2CC2)ccc2n[nH]c(-c3cc4ccccc4s3)c12.COc1c(C(=O)NCCCN2CCCC2=O)ccc2n[nH]c(-c3cc4ccccc4s3)c12.COc1c(C(=O)NCc2ccc(C)o2)ccc2n[nH]c(-c3cc4ccccc4s3)c12.COc1c(C(=O)N[C@H](CO)C(C)C)ccc2n[nH]c(-c3cc4ccccc4s3)c12.COc1cccc(CNC(=O)c2ccc3n[nH]c(-c4cc5ccccc5s4)c3c2OC)c1. The van der Waals surface area contributed by atoms with Crippen molar-refractivity contribution >= 4 is 197 Å². The summed E-state index contributed by atoms with van der Waals surface area (Å²) in [5.41, 5.74) is 11.3. The van der Waals surface area contributed by atoms with E-state index in [9.17, 15) is 33.9 Å². The zero-order valence-corrected chi connectivity index (χ0v) is 86.7. The first-order valence-electron chi connectivity index (χ1n) is 48.5. The lowest BCUT2D eigenvalue weighted by atomic mass is 10.0. The van der Waals surface area contributed by atoms with Crippen LogP contribution in [0.15, 0.2) is 253 Å². The standard InChI is InChI=1S/C25H21N3O3S.C24H24N4O3S.C23H19N3O3S.C22H23N3O3S.C20H17N3O2S/c1-30-17-8-5-6-15(12-17)14-26-25(29)18-10-11-19-22(24(18)31-2)23(28-27-19)21-13-16-7-3-4-9-20(16)32-21;1-31-23-16(24(30)25-11-5-13-28-12-4-8-20(28)29)9-10-17-21(23)22(27-26-17)19-14-15-6-2-3-7-18(15)32-19;1-13-7-8-15(29-13)12-24-23(27)16-9-10-17-20(22(16)28-2)21(26-25-17)19-11-14-5-3-4-6-18(14)30-19;1-12(2)16(11-26)23-22(27)14-8-9-15-19(21(14)28-3)20(25-24-15)18-10-13-6-4-5-7-17(13)29-18;1-25-19-13(20(24)21-12-6-7-12)8-9-14-17(19)18(23-22-14)16-10-11-4-2-3-5-15(11)26-16/h3-13H,14H2,1-2H3,(H,26,29)(H,27,28);2-3,6-7,9-10,14H,4-5,8,11-13H2,1H3,(H,25,30)(H,26,27);3-11H,12H2,1-2H3,(H,24,27)(H,25,26);4-10,12,16,26H,11H2,1-3H3,(H,23,27)(H,24,25);2-5,8-10,12H,6-7H2,1H3,(H,21,24)(H,22,23)/t;;;16-;/m...1./s1. The molecule has 0 bridgehead atoms. The summed E-state index contributed by atoms with van der Waals surface area (Å²) in [4.78, 5) is 83.2. The molecule has 11 N–H and O–H groups in total. The van der Waals surface area contributed by atoms with Crippen molar-refractivity contribution in [1.29, 1.82) is 0 Å². The summed E-state index contributed by atoms with van der Waals surface area (Å²) in [6.07, 6.45) is 4.39. The van der Waals surface area contributed by atoms with Gasteiger partial charge in [-0.3, -0.25) is 54.3 Å². The van der Waals surface area contributed by atoms with Gasteiger partial charge >= 0.3 is 0 Å². The number of nitrogens with one attached hydrogen (secondary N) is 10. The molecular formula is C114H104N16O14S5. The molecule has 0 unspecified atom stereocenters. The molecule has 11 aromatic heterocycles. The van der Waals surface area contributed by atoms with E-state index in [-0.39, 0.29) is 54.0 Å². The Morgan fingerprint density at radius 2 is 0.758 bits per heavy atom. The van der Waals surface area contributed by atoms with Crippen molar-refractivity contribution in [1.82, 2.24) is 82.5 Å². The first-order valence-corrected chi connectivity index (χ1v) is 52.6. The molecular weight excluding hydrogens is 1980 g/mol. The van der Waals surface area contributed by atoms with Crippen molar-refractivity contribution in [3.8, 4) is 87.4 Å². The Balaban J connectivity index is 0.000000113. The molecule has 12 heterocycles. The third kappa shape index (κ3) is 21.0. The van der Waals surface area contributed by atoms with Crippen LogP contribution in [0.2, 0.25) is 0 Å². The van der Waals surface area contributed by atoms with E-state index in [1.165, 1.54) is 45.0 Å². The number of amides is 6. The van der Waals surface area contributed by atoms with Gasteiger partial charge < -0.3 is 69.4 Å². The lowest BCUT2D eigenvalue weighted by Gasteiger charge is -2.20. The number of aliphatic hydroxyl groups is 1. The third-order valence-electron chi connectivity index (χ3n) is 26.1. The number of fused-ring (bicyclic) bond motifs is 10. The van der Waals surface area contributed by atoms with Gasteiger partial charge in [0.2, 0.25) is 5.91 Å². The van der Waals surface area contributed by atoms with Crippen LogP contribution >= 0.6 is 56.7 Å². The second-order valence-corrected chi connectivity index (χ2v) is 41.4. The minimum Gasteiger partial charge on any atom is -0.497 e. The molecule has 1 aliphatic heterocycles. The average molecular weight is 2080 g/mol. The molecule has 24 rings (SSSR count). The molecule has 0 spiro atoms. The number of aliphatic hydroxyl groups excluding tert-OH is 1. The summed E-state index contributed by atoms with van der Waals surface area (Å²) in [5, 5.41) is 72.0. The number of benzene rings is 11. The minimum absolute atomic E-state index is 0.0882. The third-order valence-corrected chi connectivity index (χ3v) is 31.7. The van der Waals surface area contributed by atoms with Crippen LogP contribution in [0.25, 0.3) is 158 Å². The summed E-state index contributed by atoms with van der Waals surface area (Å²) in [5.74, 6) is 4.14. The number of H-pyrrole nitrogens is 5. The second-order valence-electron chi connectivity index (χ2n) is 36.0. The summed E-state index contributed by atoms with van der Waals surface area (Å²) in [6, 6.07) is 81.0. The summed E-state index contributed by atoms with van der Waals surface area (Å²) < 4.78 is 45.2. The number of rotatable bonds is 28. The minimum atomic E-state index is -0.325. The molecule has 30 nitrogen and oxygen atoms in total. The van der Waals surface area contributed by atoms with Crippen LogP contribution in [-0.2, 0) is 17.9 Å². The Labute approximate surface area is 873 Å². The number of hydrogen-bond acceptors (Lipinski definition) is 24. The van der Waals surface area contributed by atoms with Gasteiger partial charge in [-0.1, -0.05) is 117 Å². The van der Waals surface area contributed by atoms with Crippen molar-refractivity contribution < 1.29 is 66.7 Å². The number of aromatic nitrogens is 10. The first kappa shape index (κ1) is 99.8. The van der Waals surface area contributed by atoms with Crippen LogP contribution in [0, 0.1) is 12.8 Å². The number of ether oxygens (including phenoxy) is 6. The summed E-state index contributed by atoms with van der Waals surface area (Å²) in [6.45, 7) is 8.34. The largest absolute Gasteiger partial charge is 0.497 e. The summed E-state index contributed by atoms with van der Waals surface area (Å²) >= 11 is 8.38. The molecule has 754 valence electrons. The van der Waals surface area contributed by atoms with E-state index >= 15 is 0 Å². The normalized spacial score (nSPS) is 12.5. The van der Waals surface area contributed by atoms with E-state index in [0.717, 1.165) is 162 Å².